The van der Waals surface area contributed by atoms with Gasteiger partial charge in [0, 0.05) is 20.5 Å². The molecular formula is C28H43N5O8. The van der Waals surface area contributed by atoms with E-state index in [0.717, 1.165) is 0 Å². The summed E-state index contributed by atoms with van der Waals surface area (Å²) in [5.41, 5.74) is 6.26. The number of carbonyl (C=O) groups excluding carboxylic acids is 5. The Morgan fingerprint density at radius 3 is 2.12 bits per heavy atom. The van der Waals surface area contributed by atoms with Crippen LogP contribution in [-0.2, 0) is 35.3 Å². The second kappa shape index (κ2) is 18.4. The molecule has 0 heterocycles. The number of carboxylic acid groups (broad SMARTS) is 1. The minimum absolute atomic E-state index is 0.0436. The molecule has 0 unspecified atom stereocenters. The van der Waals surface area contributed by atoms with E-state index in [1.165, 1.54) is 19.0 Å². The van der Waals surface area contributed by atoms with Gasteiger partial charge in [0.2, 0.25) is 17.6 Å². The molecule has 0 bridgehead atoms. The lowest BCUT2D eigenvalue weighted by Crippen LogP contribution is -2.56. The van der Waals surface area contributed by atoms with E-state index in [9.17, 15) is 28.8 Å². The van der Waals surface area contributed by atoms with Gasteiger partial charge in [-0.05, 0) is 50.1 Å². The molecule has 0 aromatic heterocycles. The first-order valence-corrected chi connectivity index (χ1v) is 13.6. The highest BCUT2D eigenvalue weighted by molar-refractivity contribution is 6.38. The molecule has 0 spiro atoms. The standard InChI is InChI=1S/C28H43N5O8/c1-18(2)16-22(27(39)33(3)4)31-26(38)24(36)20(12-8-9-15-29)30-25(37)21(13-14-23(34)35)32-28(40)41-17-19-10-6-5-7-11-19/h5-7,10-11,18,20-22H,8-9,12-17,29H2,1-4H3,(H,30,37)(H,31,38)(H,32,40)(H,34,35)/t20-,21-,22-/m0/s1. The first-order valence-electron chi connectivity index (χ1n) is 13.6. The van der Waals surface area contributed by atoms with Gasteiger partial charge >= 0.3 is 12.1 Å². The first kappa shape index (κ1) is 35.0. The van der Waals surface area contributed by atoms with Crippen molar-refractivity contribution in [3.63, 3.8) is 0 Å². The second-order valence-electron chi connectivity index (χ2n) is 10.3. The Labute approximate surface area is 240 Å². The number of hydrogen-bond acceptors (Lipinski definition) is 8. The molecule has 6 N–H and O–H groups in total. The highest BCUT2D eigenvalue weighted by Crippen LogP contribution is 2.10. The van der Waals surface area contributed by atoms with Crippen LogP contribution in [-0.4, -0.2) is 84.3 Å². The number of unbranched alkanes of at least 4 members (excludes halogenated alkanes) is 1. The third-order valence-electron chi connectivity index (χ3n) is 6.02. The molecule has 13 heteroatoms. The summed E-state index contributed by atoms with van der Waals surface area (Å²) in [6.45, 7) is 3.98. The van der Waals surface area contributed by atoms with Gasteiger partial charge in [-0.2, -0.15) is 0 Å². The van der Waals surface area contributed by atoms with Crippen LogP contribution in [0.3, 0.4) is 0 Å². The zero-order valence-corrected chi connectivity index (χ0v) is 24.2. The number of nitrogens with zero attached hydrogens (tertiary/aromatic N) is 1. The molecule has 4 amide bonds. The van der Waals surface area contributed by atoms with Gasteiger partial charge in [0.05, 0.1) is 6.04 Å². The van der Waals surface area contributed by atoms with E-state index in [2.05, 4.69) is 16.0 Å². The van der Waals surface area contributed by atoms with Crippen molar-refractivity contribution in [2.24, 2.45) is 11.7 Å². The third kappa shape index (κ3) is 13.8. The van der Waals surface area contributed by atoms with Crippen molar-refractivity contribution in [3.8, 4) is 0 Å². The minimum Gasteiger partial charge on any atom is -0.481 e. The molecule has 0 radical (unpaired) electrons. The molecule has 0 aliphatic rings. The number of carboxylic acids is 1. The number of hydrogen-bond donors (Lipinski definition) is 5. The van der Waals surface area contributed by atoms with E-state index < -0.39 is 54.2 Å². The first-order chi connectivity index (χ1) is 19.3. The number of alkyl carbamates (subject to hydrolysis) is 1. The molecule has 41 heavy (non-hydrogen) atoms. The fourth-order valence-electron chi connectivity index (χ4n) is 3.87. The molecule has 1 aromatic carbocycles. The van der Waals surface area contributed by atoms with Crippen LogP contribution >= 0.6 is 0 Å². The van der Waals surface area contributed by atoms with E-state index in [1.807, 2.05) is 13.8 Å². The Bertz CT molecular complexity index is 1030. The maximum absolute atomic E-state index is 13.2. The molecular weight excluding hydrogens is 534 g/mol. The lowest BCUT2D eigenvalue weighted by Gasteiger charge is -2.25. The number of carbonyl (C=O) groups is 6. The molecule has 3 atom stereocenters. The van der Waals surface area contributed by atoms with Crippen LogP contribution in [0.4, 0.5) is 4.79 Å². The molecule has 0 saturated heterocycles. The number of rotatable bonds is 18. The number of benzene rings is 1. The predicted molar refractivity (Wildman–Crippen MR) is 150 cm³/mol. The van der Waals surface area contributed by atoms with Gasteiger partial charge in [0.1, 0.15) is 18.7 Å². The van der Waals surface area contributed by atoms with E-state index >= 15 is 0 Å². The van der Waals surface area contributed by atoms with Gasteiger partial charge in [-0.3, -0.25) is 24.0 Å². The predicted octanol–water partition coefficient (Wildman–Crippen LogP) is 0.948. The number of nitrogens with two attached hydrogens (primary N) is 1. The van der Waals surface area contributed by atoms with E-state index in [4.69, 9.17) is 15.6 Å². The SMILES string of the molecule is CC(C)C[C@H](NC(=O)C(=O)[C@H](CCCCN)NC(=O)[C@H](CCC(=O)O)NC(=O)OCc1ccccc1)C(=O)N(C)C. The number of amides is 4. The molecule has 13 nitrogen and oxygen atoms in total. The Morgan fingerprint density at radius 2 is 1.56 bits per heavy atom. The summed E-state index contributed by atoms with van der Waals surface area (Å²) in [4.78, 5) is 76.7. The highest BCUT2D eigenvalue weighted by atomic mass is 16.5. The number of ether oxygens (including phenoxy) is 1. The molecule has 0 aliphatic heterocycles. The quantitative estimate of drug-likeness (QED) is 0.125. The number of aliphatic carboxylic acids is 1. The van der Waals surface area contributed by atoms with Crippen molar-refractivity contribution in [2.45, 2.75) is 77.1 Å². The van der Waals surface area contributed by atoms with Crippen molar-refractivity contribution >= 4 is 35.6 Å². The summed E-state index contributed by atoms with van der Waals surface area (Å²) in [5, 5.41) is 16.4. The fraction of sp³-hybridized carbons (Fsp3) is 0.571. The number of ketones is 1. The monoisotopic (exact) mass is 577 g/mol. The van der Waals surface area contributed by atoms with Crippen molar-refractivity contribution in [2.75, 3.05) is 20.6 Å². The summed E-state index contributed by atoms with van der Waals surface area (Å²) >= 11 is 0. The zero-order valence-electron chi connectivity index (χ0n) is 24.2. The normalized spacial score (nSPS) is 12.9. The summed E-state index contributed by atoms with van der Waals surface area (Å²) in [5.74, 6) is -4.40. The van der Waals surface area contributed by atoms with Gasteiger partial charge in [-0.15, -0.1) is 0 Å². The van der Waals surface area contributed by atoms with Crippen molar-refractivity contribution in [3.05, 3.63) is 35.9 Å². The van der Waals surface area contributed by atoms with Crippen LogP contribution in [0.1, 0.15) is 57.9 Å². The Hall–Kier alpha value is -4.00. The van der Waals surface area contributed by atoms with Crippen LogP contribution in [0.5, 0.6) is 0 Å². The minimum atomic E-state index is -1.36. The number of Topliss-reactive ketones (excluding diaryl/α,β-unsaturated/α-hetero) is 1. The average molecular weight is 578 g/mol. The van der Waals surface area contributed by atoms with Gasteiger partial charge in [-0.25, -0.2) is 4.79 Å². The van der Waals surface area contributed by atoms with Gasteiger partial charge < -0.3 is 36.4 Å². The van der Waals surface area contributed by atoms with Crippen molar-refractivity contribution in [1.82, 2.24) is 20.9 Å². The zero-order chi connectivity index (χ0) is 30.9. The van der Waals surface area contributed by atoms with E-state index in [0.29, 0.717) is 31.4 Å². The van der Waals surface area contributed by atoms with Gasteiger partial charge in [0.15, 0.2) is 0 Å². The molecule has 0 aliphatic carbocycles. The van der Waals surface area contributed by atoms with Gasteiger partial charge in [0.25, 0.3) is 5.91 Å². The molecule has 1 aromatic rings. The van der Waals surface area contributed by atoms with Crippen molar-refractivity contribution in [1.29, 1.82) is 0 Å². The van der Waals surface area contributed by atoms with Crippen LogP contribution in [0.2, 0.25) is 0 Å². The second-order valence-corrected chi connectivity index (χ2v) is 10.3. The maximum Gasteiger partial charge on any atom is 0.408 e. The van der Waals surface area contributed by atoms with E-state index in [-0.39, 0.29) is 31.3 Å². The lowest BCUT2D eigenvalue weighted by molar-refractivity contribution is -0.143. The largest absolute Gasteiger partial charge is 0.481 e. The van der Waals surface area contributed by atoms with Crippen LogP contribution in [0.25, 0.3) is 0 Å². The summed E-state index contributed by atoms with van der Waals surface area (Å²) in [7, 11) is 3.07. The number of nitrogens with one attached hydrogen (secondary N) is 3. The average Bonchev–Trinajstić information content (AvgIpc) is 2.92. The highest BCUT2D eigenvalue weighted by Gasteiger charge is 2.33. The third-order valence-corrected chi connectivity index (χ3v) is 6.02. The summed E-state index contributed by atoms with van der Waals surface area (Å²) in [6, 6.07) is 5.21. The molecule has 0 saturated carbocycles. The summed E-state index contributed by atoms with van der Waals surface area (Å²) in [6.07, 6.45) is -0.413. The van der Waals surface area contributed by atoms with E-state index in [1.54, 1.807) is 30.3 Å². The Kier molecular flexibility index (Phi) is 15.7. The van der Waals surface area contributed by atoms with Crippen LogP contribution in [0, 0.1) is 5.92 Å². The van der Waals surface area contributed by atoms with Gasteiger partial charge in [-0.1, -0.05) is 44.2 Å². The Balaban J connectivity index is 3.03. The number of likely N-dealkylation sites (N-methyl/N-ethyl adjacent to an activating group) is 1. The van der Waals surface area contributed by atoms with Crippen LogP contribution in [0.15, 0.2) is 30.3 Å². The lowest BCUT2D eigenvalue weighted by atomic mass is 10.0. The molecule has 228 valence electrons. The maximum atomic E-state index is 13.2. The molecule has 1 rings (SSSR count). The smallest absolute Gasteiger partial charge is 0.408 e. The topological polar surface area (TPSA) is 197 Å². The Morgan fingerprint density at radius 1 is 0.902 bits per heavy atom. The fourth-order valence-corrected chi connectivity index (χ4v) is 3.87. The van der Waals surface area contributed by atoms with Crippen LogP contribution < -0.4 is 21.7 Å². The summed E-state index contributed by atoms with van der Waals surface area (Å²) < 4.78 is 5.14. The molecule has 0 fully saturated rings. The van der Waals surface area contributed by atoms with Crippen molar-refractivity contribution < 1.29 is 38.6 Å².